The largest absolute Gasteiger partial charge is 0.459 e. The predicted molar refractivity (Wildman–Crippen MR) is 66.2 cm³/mol. The standard InChI is InChI=1S/C11H16N2O5S/c1-17-4-5-18-11(14)10-6-9(19(12,15)16)7-13(10)8-2-3-8/h6-8H,2-5H2,1H3,(H2,12,15,16). The highest BCUT2D eigenvalue weighted by Gasteiger charge is 2.30. The third-order valence-corrected chi connectivity index (χ3v) is 3.70. The van der Waals surface area contributed by atoms with Crippen LogP contribution in [0.25, 0.3) is 0 Å². The van der Waals surface area contributed by atoms with Crippen LogP contribution in [0.1, 0.15) is 29.4 Å². The first-order valence-electron chi connectivity index (χ1n) is 5.84. The Morgan fingerprint density at radius 2 is 2.16 bits per heavy atom. The lowest BCUT2D eigenvalue weighted by Crippen LogP contribution is -2.13. The normalized spacial score (nSPS) is 15.5. The van der Waals surface area contributed by atoms with Gasteiger partial charge in [-0.05, 0) is 18.9 Å². The van der Waals surface area contributed by atoms with Crippen LogP contribution in [-0.2, 0) is 19.5 Å². The molecule has 0 atom stereocenters. The highest BCUT2D eigenvalue weighted by Crippen LogP contribution is 2.37. The maximum absolute atomic E-state index is 11.9. The van der Waals surface area contributed by atoms with Crippen LogP contribution in [0.3, 0.4) is 0 Å². The number of hydrogen-bond acceptors (Lipinski definition) is 5. The van der Waals surface area contributed by atoms with Crippen LogP contribution in [0.2, 0.25) is 0 Å². The predicted octanol–water partition coefficient (Wildman–Crippen LogP) is 0.274. The van der Waals surface area contributed by atoms with E-state index in [1.807, 2.05) is 0 Å². The number of primary sulfonamides is 1. The first-order chi connectivity index (χ1) is 8.93. The summed E-state index contributed by atoms with van der Waals surface area (Å²) in [7, 11) is -2.32. The monoisotopic (exact) mass is 288 g/mol. The maximum Gasteiger partial charge on any atom is 0.355 e. The molecule has 1 aromatic heterocycles. The van der Waals surface area contributed by atoms with Crippen molar-refractivity contribution in [2.45, 2.75) is 23.8 Å². The van der Waals surface area contributed by atoms with Crippen molar-refractivity contribution in [1.82, 2.24) is 4.57 Å². The zero-order valence-corrected chi connectivity index (χ0v) is 11.4. The van der Waals surface area contributed by atoms with Gasteiger partial charge in [0.2, 0.25) is 10.0 Å². The first kappa shape index (κ1) is 14.0. The van der Waals surface area contributed by atoms with Crippen molar-refractivity contribution in [3.05, 3.63) is 18.0 Å². The van der Waals surface area contributed by atoms with E-state index in [-0.39, 0.29) is 29.8 Å². The van der Waals surface area contributed by atoms with Crippen molar-refractivity contribution in [2.75, 3.05) is 20.3 Å². The number of nitrogens with two attached hydrogens (primary N) is 1. The smallest absolute Gasteiger partial charge is 0.355 e. The number of sulfonamides is 1. The molecule has 1 heterocycles. The fraction of sp³-hybridized carbons (Fsp3) is 0.545. The molecule has 0 bridgehead atoms. The number of carbonyl (C=O) groups excluding carboxylic acids is 1. The summed E-state index contributed by atoms with van der Waals surface area (Å²) in [6.07, 6.45) is 3.22. The molecule has 1 fully saturated rings. The molecule has 0 amide bonds. The third-order valence-electron chi connectivity index (χ3n) is 2.82. The molecule has 2 rings (SSSR count). The van der Waals surface area contributed by atoms with Crippen molar-refractivity contribution in [3.63, 3.8) is 0 Å². The number of methoxy groups -OCH3 is 1. The van der Waals surface area contributed by atoms with Crippen molar-refractivity contribution >= 4 is 16.0 Å². The Bertz CT molecular complexity index is 574. The van der Waals surface area contributed by atoms with Gasteiger partial charge in [-0.25, -0.2) is 18.4 Å². The number of ether oxygens (including phenoxy) is 2. The Morgan fingerprint density at radius 1 is 1.47 bits per heavy atom. The number of carbonyl (C=O) groups is 1. The Morgan fingerprint density at radius 3 is 2.68 bits per heavy atom. The zero-order valence-electron chi connectivity index (χ0n) is 10.5. The van der Waals surface area contributed by atoms with Gasteiger partial charge in [0.05, 0.1) is 6.61 Å². The van der Waals surface area contributed by atoms with Gasteiger partial charge >= 0.3 is 5.97 Å². The molecule has 7 nitrogen and oxygen atoms in total. The average Bonchev–Trinajstić information content (AvgIpc) is 3.06. The lowest BCUT2D eigenvalue weighted by Gasteiger charge is -2.07. The number of aromatic nitrogens is 1. The van der Waals surface area contributed by atoms with Gasteiger partial charge in [-0.15, -0.1) is 0 Å². The molecule has 0 saturated heterocycles. The first-order valence-corrected chi connectivity index (χ1v) is 7.39. The molecule has 19 heavy (non-hydrogen) atoms. The summed E-state index contributed by atoms with van der Waals surface area (Å²) < 4.78 is 34.0. The molecule has 8 heteroatoms. The number of esters is 1. The molecular formula is C11H16N2O5S. The highest BCUT2D eigenvalue weighted by atomic mass is 32.2. The SMILES string of the molecule is COCCOC(=O)c1cc(S(N)(=O)=O)cn1C1CC1. The summed E-state index contributed by atoms with van der Waals surface area (Å²) in [5, 5.41) is 5.07. The molecule has 1 aromatic rings. The van der Waals surface area contributed by atoms with E-state index in [4.69, 9.17) is 14.6 Å². The van der Waals surface area contributed by atoms with E-state index in [1.54, 1.807) is 4.57 Å². The van der Waals surface area contributed by atoms with Gasteiger partial charge in [0.15, 0.2) is 0 Å². The van der Waals surface area contributed by atoms with E-state index in [0.717, 1.165) is 12.8 Å². The molecule has 0 spiro atoms. The molecule has 2 N–H and O–H groups in total. The molecule has 0 aliphatic heterocycles. The maximum atomic E-state index is 11.9. The topological polar surface area (TPSA) is 101 Å². The quantitative estimate of drug-likeness (QED) is 0.598. The molecule has 1 aliphatic carbocycles. The minimum Gasteiger partial charge on any atom is -0.459 e. The highest BCUT2D eigenvalue weighted by molar-refractivity contribution is 7.89. The van der Waals surface area contributed by atoms with Crippen LogP contribution < -0.4 is 5.14 Å². The summed E-state index contributed by atoms with van der Waals surface area (Å²) in [6.45, 7) is 0.411. The van der Waals surface area contributed by atoms with Crippen molar-refractivity contribution in [2.24, 2.45) is 5.14 Å². The third kappa shape index (κ3) is 3.34. The van der Waals surface area contributed by atoms with E-state index < -0.39 is 16.0 Å². The van der Waals surface area contributed by atoms with Gasteiger partial charge in [-0.3, -0.25) is 0 Å². The second-order valence-electron chi connectivity index (χ2n) is 4.37. The summed E-state index contributed by atoms with van der Waals surface area (Å²) in [6, 6.07) is 1.41. The van der Waals surface area contributed by atoms with Crippen LogP contribution in [0.5, 0.6) is 0 Å². The molecule has 0 aromatic carbocycles. The molecule has 1 saturated carbocycles. The summed E-state index contributed by atoms with van der Waals surface area (Å²) in [5.74, 6) is -0.571. The number of rotatable bonds is 6. The molecule has 106 valence electrons. The van der Waals surface area contributed by atoms with Crippen molar-refractivity contribution in [1.29, 1.82) is 0 Å². The van der Waals surface area contributed by atoms with E-state index in [9.17, 15) is 13.2 Å². The van der Waals surface area contributed by atoms with Crippen LogP contribution in [0.15, 0.2) is 17.2 Å². The second-order valence-corrected chi connectivity index (χ2v) is 5.93. The van der Waals surface area contributed by atoms with E-state index in [1.165, 1.54) is 19.4 Å². The van der Waals surface area contributed by atoms with Gasteiger partial charge in [0.25, 0.3) is 0 Å². The van der Waals surface area contributed by atoms with E-state index >= 15 is 0 Å². The van der Waals surface area contributed by atoms with Gasteiger partial charge in [-0.1, -0.05) is 0 Å². The summed E-state index contributed by atoms with van der Waals surface area (Å²) in [4.78, 5) is 11.8. The summed E-state index contributed by atoms with van der Waals surface area (Å²) >= 11 is 0. The van der Waals surface area contributed by atoms with Gasteiger partial charge < -0.3 is 14.0 Å². The Hall–Kier alpha value is -1.38. The Kier molecular flexibility index (Phi) is 3.93. The second kappa shape index (κ2) is 5.32. The minimum absolute atomic E-state index is 0.0712. The summed E-state index contributed by atoms with van der Waals surface area (Å²) in [5.41, 5.74) is 0.211. The lowest BCUT2D eigenvalue weighted by molar-refractivity contribution is 0.0376. The molecule has 1 aliphatic rings. The Labute approximate surface area is 111 Å². The number of hydrogen-bond donors (Lipinski definition) is 1. The molecule has 0 unspecified atom stereocenters. The fourth-order valence-corrected chi connectivity index (χ4v) is 2.26. The van der Waals surface area contributed by atoms with Crippen LogP contribution in [0, 0.1) is 0 Å². The number of nitrogens with zero attached hydrogens (tertiary/aromatic N) is 1. The van der Waals surface area contributed by atoms with Gasteiger partial charge in [0.1, 0.15) is 17.2 Å². The molecule has 0 radical (unpaired) electrons. The van der Waals surface area contributed by atoms with Crippen LogP contribution >= 0.6 is 0 Å². The lowest BCUT2D eigenvalue weighted by atomic mass is 10.4. The van der Waals surface area contributed by atoms with Crippen molar-refractivity contribution < 1.29 is 22.7 Å². The van der Waals surface area contributed by atoms with Gasteiger partial charge in [0, 0.05) is 19.3 Å². The fourth-order valence-electron chi connectivity index (χ4n) is 1.72. The van der Waals surface area contributed by atoms with Gasteiger partial charge in [-0.2, -0.15) is 0 Å². The van der Waals surface area contributed by atoms with Crippen LogP contribution in [0.4, 0.5) is 0 Å². The molecular weight excluding hydrogens is 272 g/mol. The average molecular weight is 288 g/mol. The van der Waals surface area contributed by atoms with Crippen molar-refractivity contribution in [3.8, 4) is 0 Å². The van der Waals surface area contributed by atoms with E-state index in [2.05, 4.69) is 0 Å². The minimum atomic E-state index is -3.82. The Balaban J connectivity index is 2.23. The van der Waals surface area contributed by atoms with E-state index in [0.29, 0.717) is 0 Å². The van der Waals surface area contributed by atoms with Crippen LogP contribution in [-0.4, -0.2) is 39.3 Å². The zero-order chi connectivity index (χ0) is 14.0.